The molecule has 4 heteroatoms. The Morgan fingerprint density at radius 3 is 2.48 bits per heavy atom. The number of para-hydroxylation sites is 1. The van der Waals surface area contributed by atoms with Crippen molar-refractivity contribution in [2.75, 3.05) is 0 Å². The first-order valence-corrected chi connectivity index (χ1v) is 12.2. The van der Waals surface area contributed by atoms with Gasteiger partial charge in [0.25, 0.3) is 0 Å². The van der Waals surface area contributed by atoms with Gasteiger partial charge in [-0.15, -0.1) is 16.4 Å². The Morgan fingerprint density at radius 2 is 1.52 bits per heavy atom. The van der Waals surface area contributed by atoms with E-state index in [2.05, 4.69) is 100 Å². The third-order valence-corrected chi connectivity index (χ3v) is 8.08. The summed E-state index contributed by atoms with van der Waals surface area (Å²) in [5, 5.41) is 12.8. The van der Waals surface area contributed by atoms with Crippen LogP contribution in [-0.4, -0.2) is 14.2 Å². The zero-order valence-corrected chi connectivity index (χ0v) is 18.6. The topological polar surface area (TPSA) is 22.2 Å². The van der Waals surface area contributed by atoms with E-state index in [1.54, 1.807) is 0 Å². The smallest absolute Gasteiger partial charge is 0.160 e. The van der Waals surface area contributed by atoms with E-state index in [9.17, 15) is 0 Å². The molecule has 156 valence electrons. The van der Waals surface area contributed by atoms with E-state index in [4.69, 9.17) is 5.10 Å². The highest BCUT2D eigenvalue weighted by Crippen LogP contribution is 2.40. The van der Waals surface area contributed by atoms with E-state index in [1.165, 1.54) is 52.5 Å². The fraction of sp³-hybridized carbons (Fsp3) is 0.0690. The standard InChI is InChI=1S/C29H19N3S/c1-4-10-24-18(7-1)13-14-19-15-29(30-32(19)24)31-25-11-5-2-8-20(25)22-17-28-23(16-26(22)31)21-9-3-6-12-27(21)33-28/h2-3,5-17H,1,4H2. The van der Waals surface area contributed by atoms with Gasteiger partial charge in [0.05, 0.1) is 21.9 Å². The van der Waals surface area contributed by atoms with Gasteiger partial charge in [-0.1, -0.05) is 54.6 Å². The fourth-order valence-electron chi connectivity index (χ4n) is 5.46. The summed E-state index contributed by atoms with van der Waals surface area (Å²) >= 11 is 1.87. The van der Waals surface area contributed by atoms with Gasteiger partial charge in [0, 0.05) is 37.0 Å². The molecule has 4 aromatic heterocycles. The average Bonchev–Trinajstić information content (AvgIpc) is 3.54. The number of fused-ring (bicyclic) bond motifs is 9. The lowest BCUT2D eigenvalue weighted by atomic mass is 10.1. The van der Waals surface area contributed by atoms with Crippen LogP contribution >= 0.6 is 11.3 Å². The number of pyridine rings is 1. The van der Waals surface area contributed by atoms with E-state index in [0.29, 0.717) is 0 Å². The molecule has 7 aromatic rings. The van der Waals surface area contributed by atoms with E-state index >= 15 is 0 Å². The number of hydrogen-bond donors (Lipinski definition) is 0. The minimum absolute atomic E-state index is 0.965. The molecule has 0 atom stereocenters. The summed E-state index contributed by atoms with van der Waals surface area (Å²) in [6, 6.07) is 28.7. The van der Waals surface area contributed by atoms with Crippen molar-refractivity contribution in [2.24, 2.45) is 0 Å². The maximum Gasteiger partial charge on any atom is 0.160 e. The van der Waals surface area contributed by atoms with Crippen molar-refractivity contribution < 1.29 is 0 Å². The second-order valence-electron chi connectivity index (χ2n) is 8.82. The summed E-state index contributed by atoms with van der Waals surface area (Å²) in [6.07, 6.45) is 6.80. The number of rotatable bonds is 1. The van der Waals surface area contributed by atoms with Crippen molar-refractivity contribution in [2.45, 2.75) is 12.8 Å². The Hall–Kier alpha value is -3.89. The molecule has 1 aliphatic carbocycles. The number of thiophene rings is 1. The molecule has 0 radical (unpaired) electrons. The van der Waals surface area contributed by atoms with Crippen LogP contribution in [0.2, 0.25) is 0 Å². The number of benzene rings is 3. The Kier molecular flexibility index (Phi) is 3.39. The first kappa shape index (κ1) is 17.6. The molecule has 0 saturated carbocycles. The first-order valence-electron chi connectivity index (χ1n) is 11.4. The normalized spacial score (nSPS) is 13.7. The Balaban J connectivity index is 1.53. The van der Waals surface area contributed by atoms with Crippen molar-refractivity contribution in [3.05, 3.63) is 89.4 Å². The minimum atomic E-state index is 0.965. The lowest BCUT2D eigenvalue weighted by Crippen LogP contribution is -2.33. The molecule has 1 aliphatic rings. The van der Waals surface area contributed by atoms with Gasteiger partial charge in [0.15, 0.2) is 5.82 Å². The molecular formula is C29H19N3S. The number of nitrogens with zero attached hydrogens (tertiary/aromatic N) is 3. The predicted molar refractivity (Wildman–Crippen MR) is 140 cm³/mol. The van der Waals surface area contributed by atoms with E-state index in [0.717, 1.165) is 24.2 Å². The van der Waals surface area contributed by atoms with Crippen LogP contribution in [-0.2, 0) is 0 Å². The van der Waals surface area contributed by atoms with Gasteiger partial charge in [0.2, 0.25) is 0 Å². The molecule has 0 bridgehead atoms. The van der Waals surface area contributed by atoms with Gasteiger partial charge in [-0.25, -0.2) is 4.52 Å². The lowest BCUT2D eigenvalue weighted by molar-refractivity contribution is 0.876. The lowest BCUT2D eigenvalue weighted by Gasteiger charge is -2.04. The van der Waals surface area contributed by atoms with Gasteiger partial charge in [-0.3, -0.25) is 4.57 Å². The molecule has 0 fully saturated rings. The Morgan fingerprint density at radius 1 is 0.667 bits per heavy atom. The third kappa shape index (κ3) is 2.36. The van der Waals surface area contributed by atoms with E-state index in [-0.39, 0.29) is 0 Å². The van der Waals surface area contributed by atoms with Crippen LogP contribution in [0.5, 0.6) is 0 Å². The van der Waals surface area contributed by atoms with Crippen LogP contribution in [0.4, 0.5) is 0 Å². The Labute approximate surface area is 193 Å². The second-order valence-corrected chi connectivity index (χ2v) is 9.90. The molecule has 3 aromatic carbocycles. The zero-order chi connectivity index (χ0) is 21.5. The molecule has 0 saturated heterocycles. The van der Waals surface area contributed by atoms with Gasteiger partial charge in [-0.2, -0.15) is 0 Å². The molecule has 4 heterocycles. The fourth-order valence-corrected chi connectivity index (χ4v) is 6.58. The predicted octanol–water partition coefficient (Wildman–Crippen LogP) is 6.15. The summed E-state index contributed by atoms with van der Waals surface area (Å²) in [4.78, 5) is 0. The average molecular weight is 442 g/mol. The third-order valence-electron chi connectivity index (χ3n) is 6.95. The highest BCUT2D eigenvalue weighted by atomic mass is 32.1. The van der Waals surface area contributed by atoms with E-state index < -0.39 is 0 Å². The van der Waals surface area contributed by atoms with Gasteiger partial charge < -0.3 is 0 Å². The highest BCUT2D eigenvalue weighted by molar-refractivity contribution is 7.25. The summed E-state index contributed by atoms with van der Waals surface area (Å²) < 4.78 is 7.12. The summed E-state index contributed by atoms with van der Waals surface area (Å²) in [5.74, 6) is 0.965. The largest absolute Gasteiger partial charge is 0.292 e. The second kappa shape index (κ2) is 6.33. The van der Waals surface area contributed by atoms with Crippen molar-refractivity contribution in [3.8, 4) is 5.82 Å². The van der Waals surface area contributed by atoms with Crippen molar-refractivity contribution in [1.29, 1.82) is 0 Å². The molecular weight excluding hydrogens is 422 g/mol. The molecule has 0 unspecified atom stereocenters. The van der Waals surface area contributed by atoms with Gasteiger partial charge >= 0.3 is 0 Å². The van der Waals surface area contributed by atoms with Crippen molar-refractivity contribution in [3.63, 3.8) is 0 Å². The SMILES string of the molecule is C1=c2ccc3cc(-n4c5ccccc5c5cc6sc7ccccc7c6cc54)nn3c2=CCC1. The number of hydrogen-bond acceptors (Lipinski definition) is 2. The van der Waals surface area contributed by atoms with Crippen molar-refractivity contribution in [1.82, 2.24) is 14.2 Å². The van der Waals surface area contributed by atoms with Gasteiger partial charge in [-0.05, 0) is 48.4 Å². The van der Waals surface area contributed by atoms with E-state index in [1.807, 2.05) is 11.3 Å². The maximum absolute atomic E-state index is 5.13. The first-order chi connectivity index (χ1) is 16.3. The molecule has 0 aliphatic heterocycles. The van der Waals surface area contributed by atoms with Gasteiger partial charge in [0.1, 0.15) is 0 Å². The Bertz CT molecular complexity index is 2030. The van der Waals surface area contributed by atoms with Crippen LogP contribution in [0.1, 0.15) is 12.8 Å². The molecule has 0 N–H and O–H groups in total. The number of aromatic nitrogens is 3. The molecule has 0 amide bonds. The maximum atomic E-state index is 5.13. The van der Waals surface area contributed by atoms with Crippen LogP contribution in [0, 0.1) is 0 Å². The van der Waals surface area contributed by atoms with Crippen LogP contribution in [0.25, 0.3) is 65.5 Å². The zero-order valence-electron chi connectivity index (χ0n) is 17.8. The minimum Gasteiger partial charge on any atom is -0.292 e. The summed E-state index contributed by atoms with van der Waals surface area (Å²) in [6.45, 7) is 0. The molecule has 0 spiro atoms. The summed E-state index contributed by atoms with van der Waals surface area (Å²) in [7, 11) is 0. The molecule has 8 rings (SSSR count). The van der Waals surface area contributed by atoms with Crippen LogP contribution < -0.4 is 10.6 Å². The summed E-state index contributed by atoms with van der Waals surface area (Å²) in [5.41, 5.74) is 3.53. The van der Waals surface area contributed by atoms with Crippen molar-refractivity contribution >= 4 is 71.0 Å². The molecule has 33 heavy (non-hydrogen) atoms. The monoisotopic (exact) mass is 441 g/mol. The van der Waals surface area contributed by atoms with Crippen LogP contribution in [0.15, 0.2) is 78.9 Å². The quantitative estimate of drug-likeness (QED) is 0.299. The molecule has 3 nitrogen and oxygen atoms in total. The highest BCUT2D eigenvalue weighted by Gasteiger charge is 2.17. The van der Waals surface area contributed by atoms with Crippen LogP contribution in [0.3, 0.4) is 0 Å².